The Balaban J connectivity index is 1.31. The third-order valence-corrected chi connectivity index (χ3v) is 6.42. The van der Waals surface area contributed by atoms with E-state index in [9.17, 15) is 9.18 Å². The molecule has 3 heterocycles. The maximum absolute atomic E-state index is 13.8. The fraction of sp³-hybridized carbons (Fsp3) is 0.217. The highest BCUT2D eigenvalue weighted by molar-refractivity contribution is 7.14. The number of aromatic nitrogens is 3. The number of urea groups is 1. The van der Waals surface area contributed by atoms with Crippen molar-refractivity contribution < 1.29 is 13.9 Å². The Morgan fingerprint density at radius 3 is 2.55 bits per heavy atom. The minimum Gasteiger partial charge on any atom is -0.497 e. The monoisotopic (exact) mass is 464 g/mol. The summed E-state index contributed by atoms with van der Waals surface area (Å²) >= 11 is 1.37. The number of fused-ring (bicyclic) bond motifs is 1. The predicted octanol–water partition coefficient (Wildman–Crippen LogP) is 4.26. The van der Waals surface area contributed by atoms with Crippen molar-refractivity contribution in [2.24, 2.45) is 0 Å². The summed E-state index contributed by atoms with van der Waals surface area (Å²) in [7, 11) is 1.63. The normalized spacial score (nSPS) is 13.9. The van der Waals surface area contributed by atoms with Crippen molar-refractivity contribution in [1.82, 2.24) is 19.2 Å². The smallest absolute Gasteiger partial charge is 0.322 e. The van der Waals surface area contributed by atoms with E-state index < -0.39 is 5.82 Å². The molecule has 0 radical (unpaired) electrons. The van der Waals surface area contributed by atoms with Crippen molar-refractivity contribution in [3.63, 3.8) is 0 Å². The number of hydrogen-bond acceptors (Lipinski definition) is 7. The van der Waals surface area contributed by atoms with Gasteiger partial charge in [-0.25, -0.2) is 19.2 Å². The molecule has 1 N–H and O–H groups in total. The molecule has 2 amide bonds. The standard InChI is InChI=1S/C23H21FN6O2S/c1-32-16-8-6-15(7-9-16)19-20-21(33-28-19)22(26-14-25-20)29-10-12-30(13-11-29)23(31)27-18-5-3-2-4-17(18)24/h2-9,14H,10-13H2,1H3,(H,27,31). The Bertz CT molecular complexity index is 1290. The number of carbonyl (C=O) groups excluding carboxylic acids is 1. The number of amides is 2. The fourth-order valence-electron chi connectivity index (χ4n) is 3.79. The van der Waals surface area contributed by atoms with Crippen LogP contribution in [0.2, 0.25) is 0 Å². The van der Waals surface area contributed by atoms with Crippen molar-refractivity contribution in [2.75, 3.05) is 43.5 Å². The number of ether oxygens (including phenoxy) is 1. The summed E-state index contributed by atoms with van der Waals surface area (Å²) in [6.07, 6.45) is 1.55. The molecule has 0 aliphatic carbocycles. The van der Waals surface area contributed by atoms with Gasteiger partial charge in [0.25, 0.3) is 0 Å². The molecule has 0 spiro atoms. The van der Waals surface area contributed by atoms with Crippen molar-refractivity contribution in [3.8, 4) is 17.0 Å². The average Bonchev–Trinajstić information content (AvgIpc) is 3.30. The second kappa shape index (κ2) is 8.99. The first kappa shape index (κ1) is 21.1. The van der Waals surface area contributed by atoms with Crippen LogP contribution in [0.3, 0.4) is 0 Å². The molecular weight excluding hydrogens is 443 g/mol. The number of anilines is 2. The van der Waals surface area contributed by atoms with E-state index in [0.717, 1.165) is 33.0 Å². The first-order valence-electron chi connectivity index (χ1n) is 10.4. The highest BCUT2D eigenvalue weighted by Crippen LogP contribution is 2.35. The van der Waals surface area contributed by atoms with E-state index >= 15 is 0 Å². The Labute approximate surface area is 193 Å². The number of nitrogens with zero attached hydrogens (tertiary/aromatic N) is 5. The Hall–Kier alpha value is -3.79. The average molecular weight is 465 g/mol. The summed E-state index contributed by atoms with van der Waals surface area (Å²) in [4.78, 5) is 25.4. The van der Waals surface area contributed by atoms with Gasteiger partial charge in [0.05, 0.1) is 12.8 Å². The number of piperazine rings is 1. The number of nitrogens with one attached hydrogen (secondary N) is 1. The lowest BCUT2D eigenvalue weighted by atomic mass is 10.1. The summed E-state index contributed by atoms with van der Waals surface area (Å²) in [6.45, 7) is 2.20. The highest BCUT2D eigenvalue weighted by Gasteiger charge is 2.25. The molecule has 10 heteroatoms. The topological polar surface area (TPSA) is 83.5 Å². The molecule has 2 aromatic carbocycles. The number of rotatable bonds is 4. The maximum Gasteiger partial charge on any atom is 0.322 e. The molecule has 1 saturated heterocycles. The van der Waals surface area contributed by atoms with E-state index in [4.69, 9.17) is 4.74 Å². The molecule has 8 nitrogen and oxygen atoms in total. The third-order valence-electron chi connectivity index (χ3n) is 5.58. The zero-order chi connectivity index (χ0) is 22.8. The van der Waals surface area contributed by atoms with Crippen LogP contribution >= 0.6 is 11.5 Å². The lowest BCUT2D eigenvalue weighted by molar-refractivity contribution is 0.208. The highest BCUT2D eigenvalue weighted by atomic mass is 32.1. The van der Waals surface area contributed by atoms with Gasteiger partial charge < -0.3 is 19.9 Å². The number of halogens is 1. The Morgan fingerprint density at radius 1 is 1.06 bits per heavy atom. The van der Waals surface area contributed by atoms with E-state index in [2.05, 4.69) is 24.6 Å². The van der Waals surface area contributed by atoms with Crippen LogP contribution in [0.15, 0.2) is 54.9 Å². The molecule has 1 aliphatic heterocycles. The first-order valence-corrected chi connectivity index (χ1v) is 11.2. The minimum atomic E-state index is -0.453. The van der Waals surface area contributed by atoms with E-state index in [-0.39, 0.29) is 11.7 Å². The Morgan fingerprint density at radius 2 is 1.82 bits per heavy atom. The van der Waals surface area contributed by atoms with Gasteiger partial charge in [0.1, 0.15) is 33.8 Å². The van der Waals surface area contributed by atoms with Crippen LogP contribution in [-0.2, 0) is 0 Å². The van der Waals surface area contributed by atoms with Crippen LogP contribution in [-0.4, -0.2) is 58.6 Å². The van der Waals surface area contributed by atoms with Gasteiger partial charge in [0.15, 0.2) is 5.82 Å². The van der Waals surface area contributed by atoms with Gasteiger partial charge in [0, 0.05) is 31.7 Å². The van der Waals surface area contributed by atoms with Crippen molar-refractivity contribution in [3.05, 3.63) is 60.7 Å². The fourth-order valence-corrected chi connectivity index (χ4v) is 4.67. The second-order valence-corrected chi connectivity index (χ2v) is 8.29. The molecule has 1 aliphatic rings. The van der Waals surface area contributed by atoms with Gasteiger partial charge in [0.2, 0.25) is 0 Å². The van der Waals surface area contributed by atoms with Gasteiger partial charge in [-0.3, -0.25) is 0 Å². The van der Waals surface area contributed by atoms with Gasteiger partial charge in [-0.1, -0.05) is 12.1 Å². The SMILES string of the molecule is COc1ccc(-c2nsc3c(N4CCN(C(=O)Nc5ccccc5F)CC4)ncnc23)cc1. The van der Waals surface area contributed by atoms with E-state index in [1.807, 2.05) is 24.3 Å². The summed E-state index contributed by atoms with van der Waals surface area (Å²) in [5, 5.41) is 2.64. The number of para-hydroxylation sites is 1. The molecule has 168 valence electrons. The predicted molar refractivity (Wildman–Crippen MR) is 126 cm³/mol. The summed E-state index contributed by atoms with van der Waals surface area (Å²) in [5.74, 6) is 1.14. The molecule has 33 heavy (non-hydrogen) atoms. The lowest BCUT2D eigenvalue weighted by Crippen LogP contribution is -2.50. The quantitative estimate of drug-likeness (QED) is 0.486. The van der Waals surface area contributed by atoms with Crippen LogP contribution in [0.4, 0.5) is 20.7 Å². The second-order valence-electron chi connectivity index (χ2n) is 7.52. The molecule has 4 aromatic rings. The molecule has 5 rings (SSSR count). The number of benzene rings is 2. The van der Waals surface area contributed by atoms with E-state index in [0.29, 0.717) is 26.2 Å². The van der Waals surface area contributed by atoms with Crippen molar-refractivity contribution in [2.45, 2.75) is 0 Å². The summed E-state index contributed by atoms with van der Waals surface area (Å²) in [6, 6.07) is 13.5. The van der Waals surface area contributed by atoms with Gasteiger partial charge in [-0.2, -0.15) is 4.37 Å². The first-order chi connectivity index (χ1) is 16.1. The molecule has 2 aromatic heterocycles. The number of methoxy groups -OCH3 is 1. The van der Waals surface area contributed by atoms with E-state index in [1.54, 1.807) is 36.5 Å². The van der Waals surface area contributed by atoms with Crippen LogP contribution < -0.4 is 15.0 Å². The van der Waals surface area contributed by atoms with Crippen LogP contribution in [0.1, 0.15) is 0 Å². The van der Waals surface area contributed by atoms with Crippen molar-refractivity contribution in [1.29, 1.82) is 0 Å². The van der Waals surface area contributed by atoms with Crippen LogP contribution in [0, 0.1) is 5.82 Å². The minimum absolute atomic E-state index is 0.179. The van der Waals surface area contributed by atoms with Gasteiger partial charge in [-0.05, 0) is 47.9 Å². The molecule has 0 bridgehead atoms. The van der Waals surface area contributed by atoms with Crippen LogP contribution in [0.25, 0.3) is 21.5 Å². The summed E-state index contributed by atoms with van der Waals surface area (Å²) in [5.41, 5.74) is 2.75. The number of carbonyl (C=O) groups is 1. The third kappa shape index (κ3) is 4.17. The number of hydrogen-bond donors (Lipinski definition) is 1. The van der Waals surface area contributed by atoms with Crippen molar-refractivity contribution >= 4 is 39.3 Å². The molecule has 0 saturated carbocycles. The maximum atomic E-state index is 13.8. The largest absolute Gasteiger partial charge is 0.497 e. The molecule has 0 atom stereocenters. The zero-order valence-electron chi connectivity index (χ0n) is 17.9. The lowest BCUT2D eigenvalue weighted by Gasteiger charge is -2.35. The zero-order valence-corrected chi connectivity index (χ0v) is 18.7. The van der Waals surface area contributed by atoms with Crippen LogP contribution in [0.5, 0.6) is 5.75 Å². The van der Waals surface area contributed by atoms with Gasteiger partial charge >= 0.3 is 6.03 Å². The van der Waals surface area contributed by atoms with Gasteiger partial charge in [-0.15, -0.1) is 0 Å². The molecular formula is C23H21FN6O2S. The summed E-state index contributed by atoms with van der Waals surface area (Å²) < 4.78 is 24.6. The molecule has 1 fully saturated rings. The van der Waals surface area contributed by atoms with E-state index in [1.165, 1.54) is 17.6 Å². The Kier molecular flexibility index (Phi) is 5.74. The molecule has 0 unspecified atom stereocenters.